The molecule has 4 atom stereocenters. The zero-order valence-corrected chi connectivity index (χ0v) is 13.7. The van der Waals surface area contributed by atoms with E-state index in [4.69, 9.17) is 0 Å². The molecule has 0 aromatic heterocycles. The van der Waals surface area contributed by atoms with Crippen LogP contribution in [-0.2, 0) is 22.3 Å². The van der Waals surface area contributed by atoms with Gasteiger partial charge in [-0.05, 0) is 0 Å². The summed E-state index contributed by atoms with van der Waals surface area (Å²) in [7, 11) is -14.8. The molecule has 0 amide bonds. The molecule has 6 N–H and O–H groups in total. The van der Waals surface area contributed by atoms with Gasteiger partial charge in [-0.25, -0.2) is 0 Å². The number of nitrogens with one attached hydrogen (secondary N) is 2. The van der Waals surface area contributed by atoms with Crippen LogP contribution in [0, 0.1) is 0 Å². The number of phosphoric acid groups is 2. The SMILES string of the molecule is O=P1(O)OCN[C@@H]2CCCC[C@H]2N[PH](O)(O)OP(=O)(O)O1. The Morgan fingerprint density at radius 2 is 1.67 bits per heavy atom. The number of fused-ring (bicyclic) bond motifs is 1. The summed E-state index contributed by atoms with van der Waals surface area (Å²) in [6, 6.07) is -0.718. The third kappa shape index (κ3) is 5.58. The third-order valence-corrected chi connectivity index (χ3v) is 7.96. The van der Waals surface area contributed by atoms with Gasteiger partial charge in [-0.2, -0.15) is 0 Å². The van der Waals surface area contributed by atoms with Gasteiger partial charge in [0.2, 0.25) is 0 Å². The van der Waals surface area contributed by atoms with Gasteiger partial charge in [-0.1, -0.05) is 0 Å². The second kappa shape index (κ2) is 6.57. The molecule has 0 spiro atoms. The van der Waals surface area contributed by atoms with E-state index >= 15 is 0 Å². The summed E-state index contributed by atoms with van der Waals surface area (Å²) >= 11 is 0. The zero-order valence-electron chi connectivity index (χ0n) is 10.9. The molecule has 0 bridgehead atoms. The Morgan fingerprint density at radius 3 is 2.33 bits per heavy atom. The Bertz CT molecular complexity index is 474. The molecular formula is C7H19N2O9P3. The maximum atomic E-state index is 11.5. The van der Waals surface area contributed by atoms with E-state index in [1.807, 2.05) is 0 Å². The van der Waals surface area contributed by atoms with Gasteiger partial charge in [0.25, 0.3) is 0 Å². The number of hydrogen-bond donors (Lipinski definition) is 6. The Kier molecular flexibility index (Phi) is 5.59. The molecular weight excluding hydrogens is 349 g/mol. The molecule has 1 aliphatic carbocycles. The van der Waals surface area contributed by atoms with Gasteiger partial charge in [0.1, 0.15) is 0 Å². The minimum absolute atomic E-state index is 0.273. The standard InChI is InChI=1S/C7H19N2O9P3/c10-19(11)9-7-4-2-1-3-6(7)8-5-16-20(12,13)18-21(14,15)17-19/h6-11,19H,1-5H2,(H,12,13)(H,14,15)/t6-,7-/m1/s1. The van der Waals surface area contributed by atoms with Crippen molar-refractivity contribution in [2.45, 2.75) is 37.8 Å². The second-order valence-electron chi connectivity index (χ2n) is 4.84. The summed E-state index contributed by atoms with van der Waals surface area (Å²) in [5.41, 5.74) is 0. The normalized spacial score (nSPS) is 46.9. The molecule has 11 nitrogen and oxygen atoms in total. The van der Waals surface area contributed by atoms with Crippen LogP contribution in [0.25, 0.3) is 0 Å². The molecule has 21 heavy (non-hydrogen) atoms. The Hall–Kier alpha value is 0.530. The van der Waals surface area contributed by atoms with Crippen LogP contribution >= 0.6 is 23.7 Å². The van der Waals surface area contributed by atoms with Crippen molar-refractivity contribution < 1.29 is 41.8 Å². The van der Waals surface area contributed by atoms with Crippen molar-refractivity contribution in [3.05, 3.63) is 0 Å². The predicted octanol–water partition coefficient (Wildman–Crippen LogP) is 0.0930. The van der Waals surface area contributed by atoms with E-state index in [1.54, 1.807) is 0 Å². The van der Waals surface area contributed by atoms with Crippen molar-refractivity contribution in [1.82, 2.24) is 10.4 Å². The maximum absolute atomic E-state index is 11.5. The van der Waals surface area contributed by atoms with Crippen LogP contribution in [0.4, 0.5) is 0 Å². The van der Waals surface area contributed by atoms with E-state index in [0.29, 0.717) is 12.8 Å². The van der Waals surface area contributed by atoms with Crippen LogP contribution in [0.2, 0.25) is 0 Å². The molecule has 1 heterocycles. The Morgan fingerprint density at radius 1 is 1.05 bits per heavy atom. The molecule has 2 fully saturated rings. The van der Waals surface area contributed by atoms with Gasteiger partial charge in [0.05, 0.1) is 0 Å². The molecule has 2 aliphatic rings. The molecule has 14 heteroatoms. The molecule has 0 aromatic carbocycles. The van der Waals surface area contributed by atoms with Crippen molar-refractivity contribution in [3.63, 3.8) is 0 Å². The van der Waals surface area contributed by atoms with Crippen molar-refractivity contribution >= 4 is 23.7 Å². The van der Waals surface area contributed by atoms with E-state index in [9.17, 15) is 28.7 Å². The van der Waals surface area contributed by atoms with Crippen LogP contribution < -0.4 is 10.4 Å². The molecule has 2 rings (SSSR count). The van der Waals surface area contributed by atoms with Crippen LogP contribution in [0.3, 0.4) is 0 Å². The van der Waals surface area contributed by atoms with Crippen molar-refractivity contribution in [2.24, 2.45) is 0 Å². The average Bonchev–Trinajstić information content (AvgIpc) is 2.27. The molecule has 0 radical (unpaired) electrons. The van der Waals surface area contributed by atoms with E-state index in [0.717, 1.165) is 12.8 Å². The van der Waals surface area contributed by atoms with Crippen molar-refractivity contribution in [1.29, 1.82) is 0 Å². The predicted molar refractivity (Wildman–Crippen MR) is 72.8 cm³/mol. The number of rotatable bonds is 0. The minimum atomic E-state index is -5.18. The first-order valence-corrected chi connectivity index (χ1v) is 11.1. The second-order valence-corrected chi connectivity index (χ2v) is 9.86. The number of hydrogen-bond acceptors (Lipinski definition) is 9. The molecule has 2 unspecified atom stereocenters. The summed E-state index contributed by atoms with van der Waals surface area (Å²) in [5.74, 6) is 0. The molecule has 1 saturated heterocycles. The van der Waals surface area contributed by atoms with E-state index in [1.165, 1.54) is 0 Å². The van der Waals surface area contributed by atoms with Crippen molar-refractivity contribution in [2.75, 3.05) is 6.73 Å². The molecule has 1 aliphatic heterocycles. The van der Waals surface area contributed by atoms with Gasteiger partial charge >= 0.3 is 120 Å². The summed E-state index contributed by atoms with van der Waals surface area (Å²) in [4.78, 5) is 38.1. The topological polar surface area (TPSA) is 167 Å². The Balaban J connectivity index is 2.22. The van der Waals surface area contributed by atoms with Gasteiger partial charge in [-0.15, -0.1) is 0 Å². The summed E-state index contributed by atoms with van der Waals surface area (Å²) in [6.45, 7) is -0.401. The molecule has 0 aromatic rings. The Labute approximate surface area is 121 Å². The monoisotopic (exact) mass is 368 g/mol. The van der Waals surface area contributed by atoms with Crippen molar-refractivity contribution in [3.8, 4) is 0 Å². The van der Waals surface area contributed by atoms with Gasteiger partial charge < -0.3 is 0 Å². The summed E-state index contributed by atoms with van der Waals surface area (Å²) < 4.78 is 35.7. The fraction of sp³-hybridized carbons (Fsp3) is 1.00. The summed E-state index contributed by atoms with van der Waals surface area (Å²) in [5, 5.41) is 5.22. The van der Waals surface area contributed by atoms with Crippen LogP contribution in [0.15, 0.2) is 0 Å². The molecule has 126 valence electrons. The van der Waals surface area contributed by atoms with Crippen LogP contribution in [0.5, 0.6) is 0 Å². The van der Waals surface area contributed by atoms with E-state index in [-0.39, 0.29) is 6.04 Å². The van der Waals surface area contributed by atoms with Gasteiger partial charge in [0, 0.05) is 0 Å². The first-order chi connectivity index (χ1) is 9.59. The molecule has 1 saturated carbocycles. The van der Waals surface area contributed by atoms with Crippen LogP contribution in [-0.4, -0.2) is 38.4 Å². The third-order valence-electron chi connectivity index (χ3n) is 3.16. The fourth-order valence-corrected chi connectivity index (χ4v) is 6.60. The van der Waals surface area contributed by atoms with Gasteiger partial charge in [-0.3, -0.25) is 0 Å². The van der Waals surface area contributed by atoms with E-state index in [2.05, 4.69) is 23.5 Å². The first-order valence-electron chi connectivity index (χ1n) is 6.27. The average molecular weight is 368 g/mol. The zero-order chi connectivity index (χ0) is 15.7. The summed E-state index contributed by atoms with van der Waals surface area (Å²) in [6.07, 6.45) is 2.95. The van der Waals surface area contributed by atoms with E-state index < -0.39 is 36.5 Å². The number of phosphoric ester groups is 1. The fourth-order valence-electron chi connectivity index (χ4n) is 2.37. The van der Waals surface area contributed by atoms with Crippen LogP contribution in [0.1, 0.15) is 25.7 Å². The van der Waals surface area contributed by atoms with Gasteiger partial charge in [0.15, 0.2) is 0 Å². The first kappa shape index (κ1) is 17.9. The quantitative estimate of drug-likeness (QED) is 0.321.